The monoisotopic (exact) mass is 298 g/mol. The second kappa shape index (κ2) is 7.71. The maximum absolute atomic E-state index is 3.40. The van der Waals surface area contributed by atoms with E-state index in [9.17, 15) is 0 Å². The molecule has 0 atom stereocenters. The van der Waals surface area contributed by atoms with Gasteiger partial charge in [-0.25, -0.2) is 0 Å². The smallest absolute Gasteiger partial charge is 0.0240 e. The van der Waals surface area contributed by atoms with Crippen molar-refractivity contribution in [1.29, 1.82) is 0 Å². The van der Waals surface area contributed by atoms with Gasteiger partial charge in [0, 0.05) is 32.7 Å². The molecule has 0 aromatic heterocycles. The Morgan fingerprint density at radius 1 is 0.895 bits per heavy atom. The van der Waals surface area contributed by atoms with Gasteiger partial charge in [-0.05, 0) is 16.3 Å². The van der Waals surface area contributed by atoms with Crippen LogP contribution in [0.1, 0.15) is 5.56 Å². The number of rotatable bonds is 2. The molecule has 4 heteroatoms. The summed E-state index contributed by atoms with van der Waals surface area (Å²) < 4.78 is 0. The van der Waals surface area contributed by atoms with E-state index in [4.69, 9.17) is 0 Å². The lowest BCUT2D eigenvalue weighted by Gasteiger charge is -2.27. The van der Waals surface area contributed by atoms with Crippen molar-refractivity contribution >= 4 is 35.6 Å². The van der Waals surface area contributed by atoms with Crippen LogP contribution in [0.2, 0.25) is 0 Å². The average molecular weight is 299 g/mol. The summed E-state index contributed by atoms with van der Waals surface area (Å²) >= 11 is 0. The van der Waals surface area contributed by atoms with Gasteiger partial charge in [-0.3, -0.25) is 4.90 Å². The van der Waals surface area contributed by atoms with Crippen LogP contribution in [0.3, 0.4) is 0 Å². The van der Waals surface area contributed by atoms with Crippen molar-refractivity contribution < 1.29 is 0 Å². The molecule has 0 radical (unpaired) electrons. The van der Waals surface area contributed by atoms with E-state index in [1.807, 2.05) is 0 Å². The fraction of sp³-hybridized carbons (Fsp3) is 0.333. The maximum atomic E-state index is 3.40. The van der Waals surface area contributed by atoms with Crippen molar-refractivity contribution in [3.8, 4) is 0 Å². The molecule has 3 rings (SSSR count). The van der Waals surface area contributed by atoms with Crippen LogP contribution in [0.4, 0.5) is 0 Å². The first-order valence-electron chi connectivity index (χ1n) is 6.33. The number of hydrogen-bond acceptors (Lipinski definition) is 2. The maximum Gasteiger partial charge on any atom is 0.0240 e. The molecule has 1 heterocycles. The Morgan fingerprint density at radius 2 is 1.58 bits per heavy atom. The molecule has 1 saturated heterocycles. The van der Waals surface area contributed by atoms with Crippen molar-refractivity contribution in [2.45, 2.75) is 6.54 Å². The third-order valence-corrected chi connectivity index (χ3v) is 3.48. The minimum Gasteiger partial charge on any atom is -0.314 e. The summed E-state index contributed by atoms with van der Waals surface area (Å²) in [6.45, 7) is 5.62. The van der Waals surface area contributed by atoms with E-state index in [2.05, 4.69) is 52.7 Å². The van der Waals surface area contributed by atoms with Crippen molar-refractivity contribution in [2.24, 2.45) is 0 Å². The molecule has 0 saturated carbocycles. The van der Waals surface area contributed by atoms with Crippen LogP contribution >= 0.6 is 24.8 Å². The first kappa shape index (κ1) is 16.3. The molecule has 19 heavy (non-hydrogen) atoms. The molecule has 2 nitrogen and oxygen atoms in total. The van der Waals surface area contributed by atoms with E-state index in [-0.39, 0.29) is 24.8 Å². The number of fused-ring (bicyclic) bond motifs is 1. The van der Waals surface area contributed by atoms with Gasteiger partial charge < -0.3 is 5.32 Å². The number of halogens is 2. The molecule has 1 fully saturated rings. The lowest BCUT2D eigenvalue weighted by atomic mass is 10.0. The normalized spacial score (nSPS) is 15.6. The van der Waals surface area contributed by atoms with E-state index >= 15 is 0 Å². The van der Waals surface area contributed by atoms with E-state index in [0.717, 1.165) is 32.7 Å². The Labute approximate surface area is 127 Å². The zero-order valence-corrected chi connectivity index (χ0v) is 12.5. The SMILES string of the molecule is Cl.Cl.c1ccc2c(CN3CCNCC3)cccc2c1. The second-order valence-electron chi connectivity index (χ2n) is 4.66. The van der Waals surface area contributed by atoms with Crippen LogP contribution in [0.5, 0.6) is 0 Å². The molecule has 104 valence electrons. The first-order chi connectivity index (χ1) is 8.43. The summed E-state index contributed by atoms with van der Waals surface area (Å²) in [5, 5.41) is 6.14. The van der Waals surface area contributed by atoms with E-state index in [1.165, 1.54) is 16.3 Å². The number of benzene rings is 2. The van der Waals surface area contributed by atoms with Gasteiger partial charge >= 0.3 is 0 Å². The summed E-state index contributed by atoms with van der Waals surface area (Å²) in [5.41, 5.74) is 1.45. The molecule has 0 bridgehead atoms. The summed E-state index contributed by atoms with van der Waals surface area (Å²) in [4.78, 5) is 2.53. The largest absolute Gasteiger partial charge is 0.314 e. The molecule has 1 aliphatic rings. The first-order valence-corrected chi connectivity index (χ1v) is 6.33. The van der Waals surface area contributed by atoms with Crippen LogP contribution in [0, 0.1) is 0 Å². The van der Waals surface area contributed by atoms with Crippen LogP contribution in [-0.4, -0.2) is 31.1 Å². The predicted molar refractivity (Wildman–Crippen MR) is 86.6 cm³/mol. The highest BCUT2D eigenvalue weighted by molar-refractivity contribution is 5.86. The fourth-order valence-corrected chi connectivity index (χ4v) is 2.54. The zero-order chi connectivity index (χ0) is 11.5. The second-order valence-corrected chi connectivity index (χ2v) is 4.66. The summed E-state index contributed by atoms with van der Waals surface area (Å²) in [5.74, 6) is 0. The lowest BCUT2D eigenvalue weighted by molar-refractivity contribution is 0.234. The fourth-order valence-electron chi connectivity index (χ4n) is 2.54. The highest BCUT2D eigenvalue weighted by Gasteiger charge is 2.10. The molecule has 0 unspecified atom stereocenters. The van der Waals surface area contributed by atoms with Crippen molar-refractivity contribution in [1.82, 2.24) is 10.2 Å². The van der Waals surface area contributed by atoms with Gasteiger partial charge in [0.05, 0.1) is 0 Å². The van der Waals surface area contributed by atoms with Gasteiger partial charge in [0.2, 0.25) is 0 Å². The van der Waals surface area contributed by atoms with Crippen LogP contribution < -0.4 is 5.32 Å². The van der Waals surface area contributed by atoms with Crippen molar-refractivity contribution in [3.05, 3.63) is 48.0 Å². The van der Waals surface area contributed by atoms with Gasteiger partial charge in [0.15, 0.2) is 0 Å². The molecular weight excluding hydrogens is 279 g/mol. The summed E-state index contributed by atoms with van der Waals surface area (Å²) in [7, 11) is 0. The van der Waals surface area contributed by atoms with E-state index in [1.54, 1.807) is 0 Å². The van der Waals surface area contributed by atoms with Crippen molar-refractivity contribution in [2.75, 3.05) is 26.2 Å². The van der Waals surface area contributed by atoms with E-state index in [0.29, 0.717) is 0 Å². The van der Waals surface area contributed by atoms with Gasteiger partial charge in [-0.2, -0.15) is 0 Å². The highest BCUT2D eigenvalue weighted by atomic mass is 35.5. The Bertz CT molecular complexity index is 505. The number of piperazine rings is 1. The van der Waals surface area contributed by atoms with Crippen LogP contribution in [0.15, 0.2) is 42.5 Å². The van der Waals surface area contributed by atoms with Gasteiger partial charge in [0.25, 0.3) is 0 Å². The van der Waals surface area contributed by atoms with Crippen LogP contribution in [-0.2, 0) is 6.54 Å². The summed E-state index contributed by atoms with van der Waals surface area (Å²) in [6.07, 6.45) is 0. The molecule has 0 spiro atoms. The molecule has 2 aromatic carbocycles. The van der Waals surface area contributed by atoms with Crippen LogP contribution in [0.25, 0.3) is 10.8 Å². The molecule has 0 aliphatic carbocycles. The topological polar surface area (TPSA) is 15.3 Å². The molecule has 0 amide bonds. The number of hydrogen-bond donors (Lipinski definition) is 1. The minimum atomic E-state index is 0. The predicted octanol–water partition coefficient (Wildman–Crippen LogP) is 3.09. The average Bonchev–Trinajstić information content (AvgIpc) is 2.40. The van der Waals surface area contributed by atoms with Gasteiger partial charge in [-0.1, -0.05) is 42.5 Å². The molecule has 2 aromatic rings. The third-order valence-electron chi connectivity index (χ3n) is 3.48. The highest BCUT2D eigenvalue weighted by Crippen LogP contribution is 2.19. The minimum absolute atomic E-state index is 0. The van der Waals surface area contributed by atoms with Gasteiger partial charge in [0.1, 0.15) is 0 Å². The Kier molecular flexibility index (Phi) is 6.59. The Morgan fingerprint density at radius 3 is 2.37 bits per heavy atom. The lowest BCUT2D eigenvalue weighted by Crippen LogP contribution is -2.42. The molecule has 1 aliphatic heterocycles. The summed E-state index contributed by atoms with van der Waals surface area (Å²) in [6, 6.07) is 15.3. The number of nitrogens with one attached hydrogen (secondary N) is 1. The van der Waals surface area contributed by atoms with E-state index < -0.39 is 0 Å². The quantitative estimate of drug-likeness (QED) is 0.917. The van der Waals surface area contributed by atoms with Gasteiger partial charge in [-0.15, -0.1) is 24.8 Å². The third kappa shape index (κ3) is 3.83. The standard InChI is InChI=1S/C15H18N2.2ClH/c1-2-7-15-13(4-1)5-3-6-14(15)12-17-10-8-16-9-11-17;;/h1-7,16H,8-12H2;2*1H. The number of nitrogens with zero attached hydrogens (tertiary/aromatic N) is 1. The Hall–Kier alpha value is -0.800. The van der Waals surface area contributed by atoms with Crippen molar-refractivity contribution in [3.63, 3.8) is 0 Å². The Balaban J connectivity index is 0.000000902. The molecule has 1 N–H and O–H groups in total. The molecular formula is C15H20Cl2N2. The zero-order valence-electron chi connectivity index (χ0n) is 10.8.